The van der Waals surface area contributed by atoms with Gasteiger partial charge in [-0.25, -0.2) is 9.97 Å². The van der Waals surface area contributed by atoms with Gasteiger partial charge in [-0.1, -0.05) is 12.1 Å². The third-order valence-electron chi connectivity index (χ3n) is 3.05. The zero-order valence-corrected chi connectivity index (χ0v) is 11.1. The summed E-state index contributed by atoms with van der Waals surface area (Å²) in [5, 5.41) is 9.10. The van der Waals surface area contributed by atoms with Crippen LogP contribution >= 0.6 is 0 Å². The lowest BCUT2D eigenvalue weighted by Crippen LogP contribution is -2.10. The van der Waals surface area contributed by atoms with E-state index in [1.165, 1.54) is 0 Å². The normalized spacial score (nSPS) is 11.1. The van der Waals surface area contributed by atoms with Crippen LogP contribution in [0.1, 0.15) is 11.6 Å². The molecule has 0 saturated heterocycles. The van der Waals surface area contributed by atoms with E-state index in [-0.39, 0.29) is 6.54 Å². The summed E-state index contributed by atoms with van der Waals surface area (Å²) < 4.78 is 7.19. The number of hydrogen-bond acceptors (Lipinski definition) is 4. The van der Waals surface area contributed by atoms with E-state index in [9.17, 15) is 4.79 Å². The molecule has 2 heterocycles. The SMILES string of the molecule is Cc1nc(C)c(-c2nc3ccccc3n2CC(=O)O)o1. The summed E-state index contributed by atoms with van der Waals surface area (Å²) in [5.41, 5.74) is 2.19. The first-order valence-electron chi connectivity index (χ1n) is 6.17. The van der Waals surface area contributed by atoms with Gasteiger partial charge in [-0.15, -0.1) is 0 Å². The van der Waals surface area contributed by atoms with Gasteiger partial charge in [0.25, 0.3) is 0 Å². The second-order valence-electron chi connectivity index (χ2n) is 4.55. The molecule has 0 aliphatic rings. The minimum atomic E-state index is -0.928. The number of aryl methyl sites for hydroxylation is 2. The van der Waals surface area contributed by atoms with Crippen molar-refractivity contribution < 1.29 is 14.3 Å². The number of carbonyl (C=O) groups is 1. The molecule has 0 amide bonds. The number of imidazole rings is 1. The summed E-state index contributed by atoms with van der Waals surface area (Å²) in [4.78, 5) is 19.8. The second kappa shape index (κ2) is 4.48. The molecule has 0 saturated carbocycles. The smallest absolute Gasteiger partial charge is 0.323 e. The van der Waals surface area contributed by atoms with Crippen molar-refractivity contribution in [3.05, 3.63) is 35.9 Å². The molecule has 0 atom stereocenters. The molecule has 0 aliphatic carbocycles. The maximum absolute atomic E-state index is 11.1. The number of hydrogen-bond donors (Lipinski definition) is 1. The van der Waals surface area contributed by atoms with Crippen LogP contribution in [0.3, 0.4) is 0 Å². The fourth-order valence-corrected chi connectivity index (χ4v) is 2.28. The van der Waals surface area contributed by atoms with E-state index in [1.54, 1.807) is 11.5 Å². The van der Waals surface area contributed by atoms with E-state index >= 15 is 0 Å². The van der Waals surface area contributed by atoms with Crippen molar-refractivity contribution in [1.29, 1.82) is 0 Å². The summed E-state index contributed by atoms with van der Waals surface area (Å²) in [6.07, 6.45) is 0. The molecule has 0 spiro atoms. The standard InChI is InChI=1S/C14H13N3O3/c1-8-13(20-9(2)15-8)14-16-10-5-3-4-6-11(10)17(14)7-12(18)19/h3-6H,7H2,1-2H3,(H,18,19). The Morgan fingerprint density at radius 3 is 2.70 bits per heavy atom. The quantitative estimate of drug-likeness (QED) is 0.791. The number of aromatic nitrogens is 3. The summed E-state index contributed by atoms with van der Waals surface area (Å²) >= 11 is 0. The first kappa shape index (κ1) is 12.4. The first-order valence-corrected chi connectivity index (χ1v) is 6.17. The van der Waals surface area contributed by atoms with Crippen molar-refractivity contribution in [1.82, 2.24) is 14.5 Å². The van der Waals surface area contributed by atoms with Gasteiger partial charge in [-0.3, -0.25) is 4.79 Å². The zero-order chi connectivity index (χ0) is 14.3. The van der Waals surface area contributed by atoms with Gasteiger partial charge >= 0.3 is 5.97 Å². The maximum Gasteiger partial charge on any atom is 0.323 e. The van der Waals surface area contributed by atoms with Gasteiger partial charge in [0.05, 0.1) is 16.7 Å². The molecule has 0 bridgehead atoms. The average Bonchev–Trinajstić information content (AvgIpc) is 2.90. The van der Waals surface area contributed by atoms with Gasteiger partial charge in [-0.2, -0.15) is 0 Å². The highest BCUT2D eigenvalue weighted by Gasteiger charge is 2.19. The Balaban J connectivity index is 2.28. The van der Waals surface area contributed by atoms with Crippen LogP contribution in [0.4, 0.5) is 0 Å². The molecule has 0 fully saturated rings. The summed E-state index contributed by atoms with van der Waals surface area (Å²) in [6.45, 7) is 3.39. The van der Waals surface area contributed by atoms with E-state index in [2.05, 4.69) is 9.97 Å². The van der Waals surface area contributed by atoms with Crippen molar-refractivity contribution in [2.45, 2.75) is 20.4 Å². The lowest BCUT2D eigenvalue weighted by molar-refractivity contribution is -0.137. The average molecular weight is 271 g/mol. The predicted octanol–water partition coefficient (Wildman–Crippen LogP) is 2.39. The molecule has 102 valence electrons. The molecule has 0 radical (unpaired) electrons. The minimum Gasteiger partial charge on any atom is -0.480 e. The molecule has 0 aliphatic heterocycles. The van der Waals surface area contributed by atoms with Crippen molar-refractivity contribution in [2.75, 3.05) is 0 Å². The maximum atomic E-state index is 11.1. The predicted molar refractivity (Wildman–Crippen MR) is 72.3 cm³/mol. The largest absolute Gasteiger partial charge is 0.480 e. The van der Waals surface area contributed by atoms with Crippen LogP contribution in [-0.4, -0.2) is 25.6 Å². The monoisotopic (exact) mass is 271 g/mol. The number of benzene rings is 1. The number of para-hydroxylation sites is 2. The van der Waals surface area contributed by atoms with Gasteiger partial charge in [0, 0.05) is 6.92 Å². The summed E-state index contributed by atoms with van der Waals surface area (Å²) in [5.74, 6) is 0.612. The minimum absolute atomic E-state index is 0.172. The lowest BCUT2D eigenvalue weighted by Gasteiger charge is -2.04. The fraction of sp³-hybridized carbons (Fsp3) is 0.214. The highest BCUT2D eigenvalue weighted by atomic mass is 16.4. The highest BCUT2D eigenvalue weighted by molar-refractivity contribution is 5.82. The van der Waals surface area contributed by atoms with E-state index < -0.39 is 5.97 Å². The molecular formula is C14H13N3O3. The molecule has 3 aromatic rings. The Kier molecular flexibility index (Phi) is 2.78. The number of rotatable bonds is 3. The van der Waals surface area contributed by atoms with E-state index in [0.717, 1.165) is 11.0 Å². The topological polar surface area (TPSA) is 81.2 Å². The van der Waals surface area contributed by atoms with Gasteiger partial charge in [0.1, 0.15) is 6.54 Å². The van der Waals surface area contributed by atoms with Crippen molar-refractivity contribution in [3.8, 4) is 11.6 Å². The molecule has 6 nitrogen and oxygen atoms in total. The van der Waals surface area contributed by atoms with Crippen molar-refractivity contribution >= 4 is 17.0 Å². The summed E-state index contributed by atoms with van der Waals surface area (Å²) in [6, 6.07) is 7.40. The van der Waals surface area contributed by atoms with Crippen LogP contribution in [0.2, 0.25) is 0 Å². The van der Waals surface area contributed by atoms with Crippen molar-refractivity contribution in [2.24, 2.45) is 0 Å². The molecule has 1 aromatic carbocycles. The van der Waals surface area contributed by atoms with Crippen LogP contribution in [0.25, 0.3) is 22.6 Å². The Hall–Kier alpha value is -2.63. The van der Waals surface area contributed by atoms with Crippen molar-refractivity contribution in [3.63, 3.8) is 0 Å². The molecule has 3 rings (SSSR count). The Morgan fingerprint density at radius 2 is 2.05 bits per heavy atom. The number of carboxylic acid groups (broad SMARTS) is 1. The van der Waals surface area contributed by atoms with Crippen LogP contribution in [0.5, 0.6) is 0 Å². The van der Waals surface area contributed by atoms with E-state index in [4.69, 9.17) is 9.52 Å². The number of oxazole rings is 1. The molecule has 1 N–H and O–H groups in total. The Labute approximate surface area is 114 Å². The molecule has 0 unspecified atom stereocenters. The van der Waals surface area contributed by atoms with Gasteiger partial charge < -0.3 is 14.1 Å². The zero-order valence-electron chi connectivity index (χ0n) is 11.1. The number of aliphatic carboxylic acids is 1. The third kappa shape index (κ3) is 1.95. The molecule has 20 heavy (non-hydrogen) atoms. The molecule has 6 heteroatoms. The van der Waals surface area contributed by atoms with Crippen LogP contribution in [-0.2, 0) is 11.3 Å². The number of carboxylic acids is 1. The van der Waals surface area contributed by atoms with Gasteiger partial charge in [-0.05, 0) is 19.1 Å². The number of fused-ring (bicyclic) bond motifs is 1. The van der Waals surface area contributed by atoms with Crippen LogP contribution < -0.4 is 0 Å². The highest BCUT2D eigenvalue weighted by Crippen LogP contribution is 2.27. The van der Waals surface area contributed by atoms with E-state index in [0.29, 0.717) is 23.2 Å². The Bertz CT molecular complexity index is 801. The van der Waals surface area contributed by atoms with Crippen LogP contribution in [0.15, 0.2) is 28.7 Å². The summed E-state index contributed by atoms with van der Waals surface area (Å²) in [7, 11) is 0. The van der Waals surface area contributed by atoms with Crippen LogP contribution in [0, 0.1) is 13.8 Å². The Morgan fingerprint density at radius 1 is 1.30 bits per heavy atom. The lowest BCUT2D eigenvalue weighted by atomic mass is 10.3. The first-order chi connectivity index (χ1) is 9.56. The fourth-order valence-electron chi connectivity index (χ4n) is 2.28. The second-order valence-corrected chi connectivity index (χ2v) is 4.55. The van der Waals surface area contributed by atoms with Gasteiger partial charge in [0.15, 0.2) is 17.5 Å². The molecule has 2 aromatic heterocycles. The molecular weight excluding hydrogens is 258 g/mol. The van der Waals surface area contributed by atoms with Gasteiger partial charge in [0.2, 0.25) is 0 Å². The van der Waals surface area contributed by atoms with E-state index in [1.807, 2.05) is 31.2 Å². The third-order valence-corrected chi connectivity index (χ3v) is 3.05. The number of nitrogens with zero attached hydrogens (tertiary/aromatic N) is 3.